The number of carboxylic acids is 1. The number of hydrogen-bond donors (Lipinski definition) is 1. The molecule has 1 aliphatic rings. The van der Waals surface area contributed by atoms with Crippen LogP contribution < -0.4 is 0 Å². The SMILES string of the molecule is O=NN1CCC(Cc2nc(C(=O)O)cs2)CC1. The van der Waals surface area contributed by atoms with E-state index in [0.717, 1.165) is 24.3 Å². The van der Waals surface area contributed by atoms with Gasteiger partial charge in [-0.25, -0.2) is 9.78 Å². The number of aromatic nitrogens is 1. The molecule has 6 nitrogen and oxygen atoms in total. The van der Waals surface area contributed by atoms with Crippen molar-refractivity contribution in [1.29, 1.82) is 0 Å². The van der Waals surface area contributed by atoms with E-state index in [0.29, 0.717) is 19.0 Å². The Labute approximate surface area is 102 Å². The van der Waals surface area contributed by atoms with Crippen molar-refractivity contribution in [2.75, 3.05) is 13.1 Å². The average Bonchev–Trinajstić information content (AvgIpc) is 2.79. The van der Waals surface area contributed by atoms with Crippen molar-refractivity contribution in [3.8, 4) is 0 Å². The zero-order chi connectivity index (χ0) is 12.3. The predicted molar refractivity (Wildman–Crippen MR) is 62.9 cm³/mol. The smallest absolute Gasteiger partial charge is 0.355 e. The Kier molecular flexibility index (Phi) is 3.68. The summed E-state index contributed by atoms with van der Waals surface area (Å²) < 4.78 is 0. The third-order valence-corrected chi connectivity index (χ3v) is 3.81. The van der Waals surface area contributed by atoms with Gasteiger partial charge in [0.15, 0.2) is 5.69 Å². The Morgan fingerprint density at radius 3 is 2.82 bits per heavy atom. The lowest BCUT2D eigenvalue weighted by Crippen LogP contribution is -2.29. The monoisotopic (exact) mass is 255 g/mol. The van der Waals surface area contributed by atoms with Gasteiger partial charge in [-0.3, -0.25) is 5.01 Å². The van der Waals surface area contributed by atoms with Crippen LogP contribution in [0.25, 0.3) is 0 Å². The van der Waals surface area contributed by atoms with Gasteiger partial charge in [-0.15, -0.1) is 16.2 Å². The molecule has 0 radical (unpaired) electrons. The molecule has 92 valence electrons. The highest BCUT2D eigenvalue weighted by Crippen LogP contribution is 2.23. The van der Waals surface area contributed by atoms with Crippen molar-refractivity contribution in [2.45, 2.75) is 19.3 Å². The summed E-state index contributed by atoms with van der Waals surface area (Å²) in [7, 11) is 0. The van der Waals surface area contributed by atoms with Crippen LogP contribution in [0.15, 0.2) is 10.7 Å². The molecular formula is C10H13N3O3S. The first-order valence-corrected chi connectivity index (χ1v) is 6.33. The molecule has 0 aliphatic carbocycles. The van der Waals surface area contributed by atoms with E-state index in [9.17, 15) is 9.70 Å². The lowest BCUT2D eigenvalue weighted by atomic mass is 9.95. The molecule has 0 aromatic carbocycles. The van der Waals surface area contributed by atoms with Crippen molar-refractivity contribution in [2.24, 2.45) is 11.2 Å². The van der Waals surface area contributed by atoms with Crippen LogP contribution in [0.2, 0.25) is 0 Å². The summed E-state index contributed by atoms with van der Waals surface area (Å²) in [6.45, 7) is 1.37. The molecule has 0 saturated carbocycles. The third kappa shape index (κ3) is 3.00. The molecule has 1 aromatic rings. The molecule has 2 rings (SSSR count). The van der Waals surface area contributed by atoms with E-state index < -0.39 is 5.97 Å². The largest absolute Gasteiger partial charge is 0.476 e. The van der Waals surface area contributed by atoms with Crippen LogP contribution in [0.4, 0.5) is 0 Å². The van der Waals surface area contributed by atoms with Crippen LogP contribution in [0.3, 0.4) is 0 Å². The number of nitroso groups, excluding NO2 is 1. The van der Waals surface area contributed by atoms with E-state index >= 15 is 0 Å². The molecule has 1 aliphatic heterocycles. The number of carboxylic acid groups (broad SMARTS) is 1. The van der Waals surface area contributed by atoms with Crippen molar-refractivity contribution in [3.63, 3.8) is 0 Å². The summed E-state index contributed by atoms with van der Waals surface area (Å²) in [5.74, 6) is -0.506. The molecule has 0 atom stereocenters. The van der Waals surface area contributed by atoms with Crippen molar-refractivity contribution < 1.29 is 9.90 Å². The highest BCUT2D eigenvalue weighted by molar-refractivity contribution is 7.09. The molecule has 0 amide bonds. The number of hydrogen-bond acceptors (Lipinski definition) is 5. The van der Waals surface area contributed by atoms with Crippen LogP contribution in [0.5, 0.6) is 0 Å². The quantitative estimate of drug-likeness (QED) is 0.829. The van der Waals surface area contributed by atoms with E-state index in [4.69, 9.17) is 5.11 Å². The second-order valence-corrected chi connectivity index (χ2v) is 5.06. The zero-order valence-corrected chi connectivity index (χ0v) is 10.0. The van der Waals surface area contributed by atoms with Gasteiger partial charge in [-0.05, 0) is 18.8 Å². The molecule has 1 aromatic heterocycles. The first-order chi connectivity index (χ1) is 8.19. The topological polar surface area (TPSA) is 82.9 Å². The number of nitrogens with zero attached hydrogens (tertiary/aromatic N) is 3. The Bertz CT molecular complexity index is 413. The molecule has 1 saturated heterocycles. The molecule has 1 fully saturated rings. The van der Waals surface area contributed by atoms with Crippen LogP contribution >= 0.6 is 11.3 Å². The van der Waals surface area contributed by atoms with Gasteiger partial charge >= 0.3 is 5.97 Å². The van der Waals surface area contributed by atoms with Gasteiger partial charge in [0.2, 0.25) is 0 Å². The predicted octanol–water partition coefficient (Wildman–Crippen LogP) is 1.78. The van der Waals surface area contributed by atoms with Gasteiger partial charge in [0, 0.05) is 24.9 Å². The van der Waals surface area contributed by atoms with Crippen LogP contribution in [0, 0.1) is 10.8 Å². The van der Waals surface area contributed by atoms with Crippen LogP contribution in [0.1, 0.15) is 28.3 Å². The molecule has 17 heavy (non-hydrogen) atoms. The number of thiazole rings is 1. The van der Waals surface area contributed by atoms with Crippen molar-refractivity contribution >= 4 is 17.3 Å². The second-order valence-electron chi connectivity index (χ2n) is 4.11. The number of rotatable bonds is 4. The molecule has 1 N–H and O–H groups in total. The zero-order valence-electron chi connectivity index (χ0n) is 9.20. The van der Waals surface area contributed by atoms with Gasteiger partial charge in [-0.2, -0.15) is 0 Å². The Balaban J connectivity index is 1.88. The minimum absolute atomic E-state index is 0.122. The van der Waals surface area contributed by atoms with E-state index in [1.54, 1.807) is 5.38 Å². The third-order valence-electron chi connectivity index (χ3n) is 2.94. The lowest BCUT2D eigenvalue weighted by Gasteiger charge is -2.26. The summed E-state index contributed by atoms with van der Waals surface area (Å²) >= 11 is 1.39. The normalized spacial score (nSPS) is 17.1. The standard InChI is InChI=1S/C10H13N3O3S/c14-10(15)8-6-17-9(11-8)5-7-1-3-13(12-16)4-2-7/h6-7H,1-5H2,(H,14,15). The number of carbonyl (C=O) groups is 1. The van der Waals surface area contributed by atoms with Crippen molar-refractivity contribution in [3.05, 3.63) is 21.0 Å². The van der Waals surface area contributed by atoms with Crippen LogP contribution in [-0.4, -0.2) is 34.2 Å². The summed E-state index contributed by atoms with van der Waals surface area (Å²) in [5.41, 5.74) is 0.122. The summed E-state index contributed by atoms with van der Waals surface area (Å²) in [6, 6.07) is 0. The summed E-state index contributed by atoms with van der Waals surface area (Å²) in [5, 5.41) is 15.6. The van der Waals surface area contributed by atoms with E-state index in [-0.39, 0.29) is 5.69 Å². The van der Waals surface area contributed by atoms with E-state index in [1.807, 2.05) is 0 Å². The summed E-state index contributed by atoms with van der Waals surface area (Å²) in [6.07, 6.45) is 2.62. The molecule has 0 bridgehead atoms. The fourth-order valence-electron chi connectivity index (χ4n) is 1.95. The molecule has 0 unspecified atom stereocenters. The Morgan fingerprint density at radius 1 is 1.59 bits per heavy atom. The highest BCUT2D eigenvalue weighted by atomic mass is 32.1. The fraction of sp³-hybridized carbons (Fsp3) is 0.600. The minimum atomic E-state index is -0.979. The maximum Gasteiger partial charge on any atom is 0.355 e. The maximum atomic E-state index is 10.7. The Morgan fingerprint density at radius 2 is 2.29 bits per heavy atom. The second kappa shape index (κ2) is 5.22. The maximum absolute atomic E-state index is 10.7. The first-order valence-electron chi connectivity index (χ1n) is 5.45. The highest BCUT2D eigenvalue weighted by Gasteiger charge is 2.20. The first kappa shape index (κ1) is 12.0. The summed E-state index contributed by atoms with van der Waals surface area (Å²) in [4.78, 5) is 25.0. The van der Waals surface area contributed by atoms with Gasteiger partial charge in [0.25, 0.3) is 0 Å². The van der Waals surface area contributed by atoms with Gasteiger partial charge in [0.05, 0.1) is 10.3 Å². The minimum Gasteiger partial charge on any atom is -0.476 e. The molecule has 2 heterocycles. The lowest BCUT2D eigenvalue weighted by molar-refractivity contribution is 0.0691. The average molecular weight is 255 g/mol. The fourth-order valence-corrected chi connectivity index (χ4v) is 2.84. The van der Waals surface area contributed by atoms with Gasteiger partial charge < -0.3 is 5.11 Å². The van der Waals surface area contributed by atoms with Gasteiger partial charge in [0.1, 0.15) is 0 Å². The Hall–Kier alpha value is -1.50. The number of piperidine rings is 1. The molecule has 7 heteroatoms. The van der Waals surface area contributed by atoms with E-state index in [1.165, 1.54) is 16.3 Å². The molecular weight excluding hydrogens is 242 g/mol. The number of aromatic carboxylic acids is 1. The van der Waals surface area contributed by atoms with Gasteiger partial charge in [-0.1, -0.05) is 0 Å². The van der Waals surface area contributed by atoms with Crippen molar-refractivity contribution in [1.82, 2.24) is 9.99 Å². The molecule has 0 spiro atoms. The van der Waals surface area contributed by atoms with E-state index in [2.05, 4.69) is 10.3 Å². The van der Waals surface area contributed by atoms with Crippen LogP contribution in [-0.2, 0) is 6.42 Å².